The molecule has 19 heavy (non-hydrogen) atoms. The minimum Gasteiger partial charge on any atom is -0.476 e. The molecule has 1 aliphatic rings. The number of rotatable bonds is 2. The summed E-state index contributed by atoms with van der Waals surface area (Å²) in [5.41, 5.74) is 5.62. The molecule has 2 N–H and O–H groups in total. The van der Waals surface area contributed by atoms with Crippen LogP contribution in [0, 0.1) is 0 Å². The van der Waals surface area contributed by atoms with Gasteiger partial charge in [-0.25, -0.2) is 0 Å². The van der Waals surface area contributed by atoms with E-state index in [1.54, 1.807) is 32.0 Å². The summed E-state index contributed by atoms with van der Waals surface area (Å²) < 4.78 is 10.2. The van der Waals surface area contributed by atoms with Crippen LogP contribution in [0.2, 0.25) is 0 Å². The van der Waals surface area contributed by atoms with E-state index in [4.69, 9.17) is 10.5 Å². The lowest BCUT2D eigenvalue weighted by atomic mass is 10.0. The first-order chi connectivity index (χ1) is 8.86. The van der Waals surface area contributed by atoms with E-state index in [9.17, 15) is 9.59 Å². The Balaban J connectivity index is 2.51. The van der Waals surface area contributed by atoms with Gasteiger partial charge in [0.1, 0.15) is 18.0 Å². The minimum atomic E-state index is -1.05. The number of nitrogen functional groups attached to an aromatic ring is 1. The van der Waals surface area contributed by atoms with Crippen LogP contribution in [0.25, 0.3) is 0 Å². The molecule has 6 heteroatoms. The molecule has 0 fully saturated rings. The third-order valence-corrected chi connectivity index (χ3v) is 2.94. The van der Waals surface area contributed by atoms with Gasteiger partial charge in [0.05, 0.1) is 12.8 Å². The Morgan fingerprint density at radius 2 is 2.16 bits per heavy atom. The maximum atomic E-state index is 12.4. The minimum absolute atomic E-state index is 0.191. The standard InChI is InChI=1S/C13H16N2O4/c1-13(2)12(17)15(7-10(16)18-3)11-8(14)5-4-6-9(11)19-13/h4-6H,7,14H2,1-3H3. The quantitative estimate of drug-likeness (QED) is 0.635. The summed E-state index contributed by atoms with van der Waals surface area (Å²) in [6.45, 7) is 3.10. The van der Waals surface area contributed by atoms with Crippen LogP contribution in [0.1, 0.15) is 13.8 Å². The molecule has 0 saturated carbocycles. The van der Waals surface area contributed by atoms with Gasteiger partial charge in [-0.15, -0.1) is 0 Å². The third kappa shape index (κ3) is 2.21. The second-order valence-electron chi connectivity index (χ2n) is 4.77. The molecule has 0 aliphatic carbocycles. The van der Waals surface area contributed by atoms with E-state index in [-0.39, 0.29) is 12.5 Å². The Bertz CT molecular complexity index is 539. The second-order valence-corrected chi connectivity index (χ2v) is 4.77. The van der Waals surface area contributed by atoms with E-state index >= 15 is 0 Å². The molecular weight excluding hydrogens is 248 g/mol. The first-order valence-corrected chi connectivity index (χ1v) is 5.83. The van der Waals surface area contributed by atoms with E-state index in [1.165, 1.54) is 12.0 Å². The molecule has 0 atom stereocenters. The van der Waals surface area contributed by atoms with E-state index < -0.39 is 11.6 Å². The fraction of sp³-hybridized carbons (Fsp3) is 0.385. The predicted molar refractivity (Wildman–Crippen MR) is 69.9 cm³/mol. The number of ether oxygens (including phenoxy) is 2. The van der Waals surface area contributed by atoms with Gasteiger partial charge in [0.25, 0.3) is 5.91 Å². The third-order valence-electron chi connectivity index (χ3n) is 2.94. The number of esters is 1. The molecule has 0 radical (unpaired) electrons. The summed E-state index contributed by atoms with van der Waals surface area (Å²) in [7, 11) is 1.27. The van der Waals surface area contributed by atoms with Crippen molar-refractivity contribution in [3.8, 4) is 5.75 Å². The summed E-state index contributed by atoms with van der Waals surface area (Å²) in [5, 5.41) is 0. The highest BCUT2D eigenvalue weighted by Crippen LogP contribution is 2.41. The Kier molecular flexibility index (Phi) is 3.09. The van der Waals surface area contributed by atoms with Gasteiger partial charge in [0, 0.05) is 0 Å². The van der Waals surface area contributed by atoms with Crippen LogP contribution in [0.3, 0.4) is 0 Å². The lowest BCUT2D eigenvalue weighted by Gasteiger charge is -2.38. The second kappa shape index (κ2) is 4.46. The van der Waals surface area contributed by atoms with Crippen molar-refractivity contribution in [2.45, 2.75) is 19.4 Å². The van der Waals surface area contributed by atoms with Gasteiger partial charge >= 0.3 is 5.97 Å². The van der Waals surface area contributed by atoms with E-state index in [0.29, 0.717) is 17.1 Å². The van der Waals surface area contributed by atoms with Gasteiger partial charge in [-0.05, 0) is 26.0 Å². The summed E-state index contributed by atoms with van der Waals surface area (Å²) in [4.78, 5) is 25.1. The number of nitrogens with two attached hydrogens (primary N) is 1. The smallest absolute Gasteiger partial charge is 0.325 e. The summed E-state index contributed by atoms with van der Waals surface area (Å²) >= 11 is 0. The van der Waals surface area contributed by atoms with Crippen molar-refractivity contribution < 1.29 is 19.1 Å². The van der Waals surface area contributed by atoms with E-state index in [2.05, 4.69) is 4.74 Å². The Morgan fingerprint density at radius 1 is 1.47 bits per heavy atom. The number of benzene rings is 1. The van der Waals surface area contributed by atoms with Crippen LogP contribution in [0.4, 0.5) is 11.4 Å². The van der Waals surface area contributed by atoms with E-state index in [1.807, 2.05) is 0 Å². The average Bonchev–Trinajstić information content (AvgIpc) is 2.34. The van der Waals surface area contributed by atoms with Gasteiger partial charge in [-0.1, -0.05) is 6.07 Å². The molecule has 0 spiro atoms. The van der Waals surface area contributed by atoms with Gasteiger partial charge in [0.2, 0.25) is 0 Å². The number of hydrogen-bond donors (Lipinski definition) is 1. The molecule has 1 aromatic rings. The summed E-state index contributed by atoms with van der Waals surface area (Å²) in [6, 6.07) is 5.10. The number of carbonyl (C=O) groups excluding carboxylic acids is 2. The topological polar surface area (TPSA) is 81.9 Å². The number of fused-ring (bicyclic) bond motifs is 1. The molecule has 1 aromatic carbocycles. The molecule has 2 rings (SSSR count). The Labute approximate surface area is 111 Å². The normalized spacial score (nSPS) is 16.6. The molecule has 6 nitrogen and oxygen atoms in total. The molecule has 1 heterocycles. The van der Waals surface area contributed by atoms with Crippen LogP contribution in [0.15, 0.2) is 18.2 Å². The molecular formula is C13H16N2O4. The highest BCUT2D eigenvalue weighted by atomic mass is 16.5. The van der Waals surface area contributed by atoms with Crippen LogP contribution < -0.4 is 15.4 Å². The molecule has 0 saturated heterocycles. The summed E-state index contributed by atoms with van der Waals surface area (Å²) in [6.07, 6.45) is 0. The van der Waals surface area contributed by atoms with Crippen molar-refractivity contribution in [2.75, 3.05) is 24.3 Å². The van der Waals surface area contributed by atoms with Crippen molar-refractivity contribution >= 4 is 23.3 Å². The highest BCUT2D eigenvalue weighted by molar-refractivity contribution is 6.07. The van der Waals surface area contributed by atoms with Gasteiger partial charge < -0.3 is 15.2 Å². The van der Waals surface area contributed by atoms with Crippen LogP contribution >= 0.6 is 0 Å². The van der Waals surface area contributed by atoms with Crippen LogP contribution in [0.5, 0.6) is 5.75 Å². The number of carbonyl (C=O) groups is 2. The van der Waals surface area contributed by atoms with Crippen molar-refractivity contribution in [1.82, 2.24) is 0 Å². The zero-order chi connectivity index (χ0) is 14.2. The number of anilines is 2. The average molecular weight is 264 g/mol. The molecule has 1 aliphatic heterocycles. The largest absolute Gasteiger partial charge is 0.476 e. The lowest BCUT2D eigenvalue weighted by molar-refractivity contribution is -0.142. The molecule has 102 valence electrons. The predicted octanol–water partition coefficient (Wildman–Crippen LogP) is 0.946. The maximum absolute atomic E-state index is 12.4. The summed E-state index contributed by atoms with van der Waals surface area (Å²) in [5.74, 6) is -0.364. The Morgan fingerprint density at radius 3 is 2.79 bits per heavy atom. The van der Waals surface area contributed by atoms with Crippen LogP contribution in [-0.2, 0) is 14.3 Å². The van der Waals surface area contributed by atoms with Gasteiger partial charge in [-0.3, -0.25) is 14.5 Å². The molecule has 1 amide bonds. The number of methoxy groups -OCH3 is 1. The molecule has 0 unspecified atom stereocenters. The fourth-order valence-corrected chi connectivity index (χ4v) is 2.00. The molecule has 0 aromatic heterocycles. The van der Waals surface area contributed by atoms with Crippen molar-refractivity contribution in [3.05, 3.63) is 18.2 Å². The SMILES string of the molecule is COC(=O)CN1C(=O)C(C)(C)Oc2cccc(N)c21. The first-order valence-electron chi connectivity index (χ1n) is 5.83. The lowest BCUT2D eigenvalue weighted by Crippen LogP contribution is -2.54. The number of nitrogens with zero attached hydrogens (tertiary/aromatic N) is 1. The number of para-hydroxylation sites is 1. The van der Waals surface area contributed by atoms with Crippen molar-refractivity contribution in [2.24, 2.45) is 0 Å². The zero-order valence-corrected chi connectivity index (χ0v) is 11.1. The highest BCUT2D eigenvalue weighted by Gasteiger charge is 2.42. The molecule has 0 bridgehead atoms. The fourth-order valence-electron chi connectivity index (χ4n) is 2.00. The first kappa shape index (κ1) is 13.2. The van der Waals surface area contributed by atoms with Crippen LogP contribution in [-0.4, -0.2) is 31.1 Å². The maximum Gasteiger partial charge on any atom is 0.325 e. The Hall–Kier alpha value is -2.24. The van der Waals surface area contributed by atoms with Gasteiger partial charge in [0.15, 0.2) is 5.60 Å². The van der Waals surface area contributed by atoms with E-state index in [0.717, 1.165) is 0 Å². The zero-order valence-electron chi connectivity index (χ0n) is 11.1. The number of amides is 1. The number of hydrogen-bond acceptors (Lipinski definition) is 5. The van der Waals surface area contributed by atoms with Crippen molar-refractivity contribution in [3.63, 3.8) is 0 Å². The monoisotopic (exact) mass is 264 g/mol. The van der Waals surface area contributed by atoms with Gasteiger partial charge in [-0.2, -0.15) is 0 Å². The van der Waals surface area contributed by atoms with Crippen molar-refractivity contribution in [1.29, 1.82) is 0 Å².